The minimum Gasteiger partial charge on any atom is -0.496 e. The largest absolute Gasteiger partial charge is 0.496 e. The Labute approximate surface area is 164 Å². The second kappa shape index (κ2) is 6.81. The minimum absolute atomic E-state index is 0.0381. The van der Waals surface area contributed by atoms with Crippen LogP contribution in [0.4, 0.5) is 18.9 Å². The fraction of sp³-hybridized carbons (Fsp3) is 0.286. The van der Waals surface area contributed by atoms with E-state index < -0.39 is 24.2 Å². The monoisotopic (exact) mass is 404 g/mol. The maximum atomic E-state index is 14.0. The van der Waals surface area contributed by atoms with Gasteiger partial charge in [-0.25, -0.2) is 0 Å². The number of H-pyrrole nitrogens is 1. The van der Waals surface area contributed by atoms with E-state index >= 15 is 0 Å². The zero-order chi connectivity index (χ0) is 20.8. The normalized spacial score (nSPS) is 21.6. The van der Waals surface area contributed by atoms with Gasteiger partial charge in [0.25, 0.3) is 0 Å². The van der Waals surface area contributed by atoms with Gasteiger partial charge in [-0.2, -0.15) is 13.2 Å². The van der Waals surface area contributed by atoms with E-state index in [1.807, 2.05) is 0 Å². The molecule has 8 heteroatoms. The zero-order valence-electron chi connectivity index (χ0n) is 15.5. The summed E-state index contributed by atoms with van der Waals surface area (Å²) >= 11 is 0. The van der Waals surface area contributed by atoms with E-state index in [0.29, 0.717) is 33.5 Å². The molecule has 1 aliphatic carbocycles. The van der Waals surface area contributed by atoms with Crippen LogP contribution in [0.1, 0.15) is 23.6 Å². The Balaban J connectivity index is 1.89. The van der Waals surface area contributed by atoms with Gasteiger partial charge in [-0.05, 0) is 48.2 Å². The van der Waals surface area contributed by atoms with Crippen molar-refractivity contribution < 1.29 is 23.0 Å². The van der Waals surface area contributed by atoms with Crippen molar-refractivity contribution >= 4 is 16.6 Å². The van der Waals surface area contributed by atoms with Crippen LogP contribution in [0, 0.1) is 0 Å². The summed E-state index contributed by atoms with van der Waals surface area (Å²) in [4.78, 5) is 14.2. The molecular weight excluding hydrogens is 385 g/mol. The van der Waals surface area contributed by atoms with Gasteiger partial charge in [0.15, 0.2) is 5.60 Å². The molecule has 0 radical (unpaired) electrons. The predicted molar refractivity (Wildman–Crippen MR) is 103 cm³/mol. The molecule has 1 heterocycles. The number of aromatic nitrogens is 1. The summed E-state index contributed by atoms with van der Waals surface area (Å²) in [5.74, 6) is 0.487. The molecule has 0 saturated heterocycles. The van der Waals surface area contributed by atoms with Crippen LogP contribution in [-0.4, -0.2) is 29.0 Å². The van der Waals surface area contributed by atoms with Crippen molar-refractivity contribution in [1.82, 2.24) is 4.98 Å². The Bertz CT molecular complexity index is 1130. The maximum Gasteiger partial charge on any atom is 0.419 e. The van der Waals surface area contributed by atoms with Crippen LogP contribution in [0.3, 0.4) is 0 Å². The first-order chi connectivity index (χ1) is 13.7. The highest BCUT2D eigenvalue weighted by Gasteiger charge is 2.60. The topological polar surface area (TPSA) is 74.3 Å². The van der Waals surface area contributed by atoms with Gasteiger partial charge in [0, 0.05) is 17.1 Å². The number of rotatable bonds is 3. The van der Waals surface area contributed by atoms with Crippen LogP contribution in [0.2, 0.25) is 0 Å². The van der Waals surface area contributed by atoms with E-state index in [9.17, 15) is 23.1 Å². The number of benzene rings is 2. The highest BCUT2D eigenvalue weighted by molar-refractivity contribution is 5.91. The second-order valence-electron chi connectivity index (χ2n) is 7.12. The molecule has 29 heavy (non-hydrogen) atoms. The second-order valence-corrected chi connectivity index (χ2v) is 7.12. The van der Waals surface area contributed by atoms with Crippen molar-refractivity contribution in [1.29, 1.82) is 0 Å². The Morgan fingerprint density at radius 3 is 2.66 bits per heavy atom. The van der Waals surface area contributed by atoms with Crippen LogP contribution >= 0.6 is 0 Å². The Kier molecular flexibility index (Phi) is 4.53. The highest BCUT2D eigenvalue weighted by atomic mass is 19.4. The summed E-state index contributed by atoms with van der Waals surface area (Å²) in [7, 11) is 1.46. The number of anilines is 1. The predicted octanol–water partition coefficient (Wildman–Crippen LogP) is 3.93. The van der Waals surface area contributed by atoms with Gasteiger partial charge >= 0.3 is 6.18 Å². The van der Waals surface area contributed by atoms with Crippen LogP contribution < -0.4 is 15.6 Å². The third-order valence-corrected chi connectivity index (χ3v) is 5.49. The number of halogens is 3. The molecule has 1 aliphatic rings. The molecule has 3 aromatic rings. The van der Waals surface area contributed by atoms with Crippen LogP contribution in [-0.2, 0) is 6.42 Å². The molecule has 152 valence electrons. The molecule has 0 saturated carbocycles. The number of methoxy groups -OCH3 is 1. The number of nitrogens with one attached hydrogen (secondary N) is 2. The van der Waals surface area contributed by atoms with Gasteiger partial charge in [-0.3, -0.25) is 4.79 Å². The standard InChI is InChI=1S/C21H19F3N2O3/c1-29-17-7-2-4-13-12(17)10-11-20(28,21(22,23)24)19(13)26-16-6-3-5-15-14(16)8-9-18(27)25-15/h2-9,19,26,28H,10-11H2,1H3,(H,25,27). The number of hydrogen-bond donors (Lipinski definition) is 3. The summed E-state index contributed by atoms with van der Waals surface area (Å²) < 4.78 is 47.2. The molecule has 3 N–H and O–H groups in total. The first-order valence-corrected chi connectivity index (χ1v) is 9.08. The summed E-state index contributed by atoms with van der Waals surface area (Å²) in [6, 6.07) is 11.2. The van der Waals surface area contributed by atoms with Gasteiger partial charge < -0.3 is 20.1 Å². The van der Waals surface area contributed by atoms with Gasteiger partial charge in [0.2, 0.25) is 5.56 Å². The number of pyridine rings is 1. The summed E-state index contributed by atoms with van der Waals surface area (Å²) in [5.41, 5.74) is -1.44. The molecule has 0 bridgehead atoms. The molecule has 5 nitrogen and oxygen atoms in total. The smallest absolute Gasteiger partial charge is 0.419 e. The van der Waals surface area contributed by atoms with E-state index in [4.69, 9.17) is 4.74 Å². The van der Waals surface area contributed by atoms with E-state index in [1.54, 1.807) is 42.5 Å². The quantitative estimate of drug-likeness (QED) is 0.619. The molecule has 1 aromatic heterocycles. The number of fused-ring (bicyclic) bond motifs is 2. The van der Waals surface area contributed by atoms with Crippen molar-refractivity contribution in [3.63, 3.8) is 0 Å². The van der Waals surface area contributed by atoms with E-state index in [2.05, 4.69) is 10.3 Å². The lowest BCUT2D eigenvalue weighted by atomic mass is 9.75. The number of aliphatic hydroxyl groups is 1. The fourth-order valence-electron chi connectivity index (χ4n) is 4.00. The number of aromatic amines is 1. The molecular formula is C21H19F3N2O3. The average molecular weight is 404 g/mol. The van der Waals surface area contributed by atoms with Crippen molar-refractivity contribution in [2.75, 3.05) is 12.4 Å². The lowest BCUT2D eigenvalue weighted by Crippen LogP contribution is -2.54. The fourth-order valence-corrected chi connectivity index (χ4v) is 4.00. The van der Waals surface area contributed by atoms with Crippen LogP contribution in [0.5, 0.6) is 5.75 Å². The molecule has 4 rings (SSSR count). The summed E-state index contributed by atoms with van der Waals surface area (Å²) in [6.45, 7) is 0. The molecule has 2 unspecified atom stereocenters. The van der Waals surface area contributed by atoms with Crippen LogP contribution in [0.25, 0.3) is 10.9 Å². The van der Waals surface area contributed by atoms with Gasteiger partial charge in [0.1, 0.15) is 5.75 Å². The Morgan fingerprint density at radius 1 is 1.17 bits per heavy atom. The third-order valence-electron chi connectivity index (χ3n) is 5.49. The lowest BCUT2D eigenvalue weighted by molar-refractivity contribution is -0.270. The van der Waals surface area contributed by atoms with Crippen molar-refractivity contribution in [3.8, 4) is 5.75 Å². The molecule has 0 amide bonds. The average Bonchev–Trinajstić information content (AvgIpc) is 2.68. The first-order valence-electron chi connectivity index (χ1n) is 9.08. The highest BCUT2D eigenvalue weighted by Crippen LogP contribution is 2.50. The van der Waals surface area contributed by atoms with Gasteiger partial charge in [-0.15, -0.1) is 0 Å². The number of ether oxygens (including phenoxy) is 1. The van der Waals surface area contributed by atoms with E-state index in [-0.39, 0.29) is 12.0 Å². The summed E-state index contributed by atoms with van der Waals surface area (Å²) in [6.07, 6.45) is -5.30. The Hall–Kier alpha value is -3.00. The van der Waals surface area contributed by atoms with Crippen molar-refractivity contribution in [2.45, 2.75) is 30.7 Å². The van der Waals surface area contributed by atoms with Crippen molar-refractivity contribution in [2.24, 2.45) is 0 Å². The molecule has 0 fully saturated rings. The number of hydrogen-bond acceptors (Lipinski definition) is 4. The maximum absolute atomic E-state index is 14.0. The molecule has 0 aliphatic heterocycles. The lowest BCUT2D eigenvalue weighted by Gasteiger charge is -2.43. The molecule has 2 aromatic carbocycles. The third kappa shape index (κ3) is 3.13. The van der Waals surface area contributed by atoms with Gasteiger partial charge in [0.05, 0.1) is 18.7 Å². The number of alkyl halides is 3. The van der Waals surface area contributed by atoms with Crippen LogP contribution in [0.15, 0.2) is 53.3 Å². The van der Waals surface area contributed by atoms with Gasteiger partial charge in [-0.1, -0.05) is 18.2 Å². The molecule has 2 atom stereocenters. The minimum atomic E-state index is -4.84. The van der Waals surface area contributed by atoms with Crippen molar-refractivity contribution in [3.05, 3.63) is 70.0 Å². The SMILES string of the molecule is COc1cccc2c1CCC(O)(C(F)(F)F)C2Nc1cccc2[nH]c(=O)ccc12. The van der Waals surface area contributed by atoms with E-state index in [0.717, 1.165) is 0 Å². The zero-order valence-corrected chi connectivity index (χ0v) is 15.5. The van der Waals surface area contributed by atoms with E-state index in [1.165, 1.54) is 13.2 Å². The summed E-state index contributed by atoms with van der Waals surface area (Å²) in [5, 5.41) is 14.2. The molecule has 0 spiro atoms. The Morgan fingerprint density at radius 2 is 1.93 bits per heavy atom. The first kappa shape index (κ1) is 19.3.